The first-order chi connectivity index (χ1) is 13.3. The van der Waals surface area contributed by atoms with Gasteiger partial charge in [0.1, 0.15) is 5.60 Å². The molecule has 28 heavy (non-hydrogen) atoms. The molecule has 1 N–H and O–H groups in total. The number of carbonyl (C=O) groups excluding carboxylic acids is 2. The molecule has 0 radical (unpaired) electrons. The maximum Gasteiger partial charge on any atom is 0.412 e. The molecule has 6 heteroatoms. The lowest BCUT2D eigenvalue weighted by atomic mass is 10.1. The number of nitrogens with zero attached hydrogens (tertiary/aromatic N) is 1. The lowest BCUT2D eigenvalue weighted by Gasteiger charge is -2.20. The number of hydrogen-bond acceptors (Lipinski definition) is 4. The number of benzene rings is 1. The molecular formula is C22H28N2O4. The Bertz CT molecular complexity index is 860. The van der Waals surface area contributed by atoms with Gasteiger partial charge in [-0.15, -0.1) is 0 Å². The van der Waals surface area contributed by atoms with Gasteiger partial charge in [-0.2, -0.15) is 0 Å². The summed E-state index contributed by atoms with van der Waals surface area (Å²) >= 11 is 0. The summed E-state index contributed by atoms with van der Waals surface area (Å²) in [5, 5.41) is 2.74. The number of rotatable bonds is 4. The van der Waals surface area contributed by atoms with Gasteiger partial charge in [-0.1, -0.05) is 12.1 Å². The Morgan fingerprint density at radius 1 is 1.14 bits per heavy atom. The zero-order chi connectivity index (χ0) is 20.3. The van der Waals surface area contributed by atoms with Crippen LogP contribution < -0.4 is 5.32 Å². The summed E-state index contributed by atoms with van der Waals surface area (Å²) in [6.45, 7) is 8.55. The zero-order valence-corrected chi connectivity index (χ0v) is 17.0. The highest BCUT2D eigenvalue weighted by molar-refractivity contribution is 5.93. The van der Waals surface area contributed by atoms with Gasteiger partial charge in [-0.25, -0.2) is 9.59 Å². The van der Waals surface area contributed by atoms with Crippen LogP contribution in [0.3, 0.4) is 0 Å². The van der Waals surface area contributed by atoms with Gasteiger partial charge in [0.05, 0.1) is 12.2 Å². The Balaban J connectivity index is 1.84. The fourth-order valence-corrected chi connectivity index (χ4v) is 3.45. The predicted molar refractivity (Wildman–Crippen MR) is 109 cm³/mol. The van der Waals surface area contributed by atoms with E-state index in [4.69, 9.17) is 9.47 Å². The Labute approximate surface area is 165 Å². The maximum absolute atomic E-state index is 12.4. The first kappa shape index (κ1) is 20.0. The van der Waals surface area contributed by atoms with E-state index in [2.05, 4.69) is 9.88 Å². The number of nitrogens with one attached hydrogen (secondary N) is 1. The first-order valence-corrected chi connectivity index (χ1v) is 9.78. The molecule has 0 bridgehead atoms. The molecule has 0 unspecified atom stereocenters. The summed E-state index contributed by atoms with van der Waals surface area (Å²) in [6, 6.07) is 9.49. The highest BCUT2D eigenvalue weighted by Gasteiger charge is 2.24. The largest absolute Gasteiger partial charge is 0.462 e. The highest BCUT2D eigenvalue weighted by Crippen LogP contribution is 2.31. The summed E-state index contributed by atoms with van der Waals surface area (Å²) in [5.74, 6) is -0.261. The van der Waals surface area contributed by atoms with Gasteiger partial charge in [0.15, 0.2) is 0 Å². The number of aromatic nitrogens is 1. The summed E-state index contributed by atoms with van der Waals surface area (Å²) in [4.78, 5) is 24.3. The molecule has 0 atom stereocenters. The number of carbonyl (C=O) groups is 2. The van der Waals surface area contributed by atoms with E-state index in [-0.39, 0.29) is 5.97 Å². The molecule has 3 rings (SSSR count). The second-order valence-electron chi connectivity index (χ2n) is 7.92. The van der Waals surface area contributed by atoms with Crippen molar-refractivity contribution >= 4 is 17.7 Å². The van der Waals surface area contributed by atoms with Crippen molar-refractivity contribution in [3.05, 3.63) is 41.6 Å². The molecule has 2 heterocycles. The van der Waals surface area contributed by atoms with E-state index >= 15 is 0 Å². The van der Waals surface area contributed by atoms with E-state index < -0.39 is 11.7 Å². The number of anilines is 1. The van der Waals surface area contributed by atoms with E-state index in [9.17, 15) is 9.59 Å². The third kappa shape index (κ3) is 4.55. The van der Waals surface area contributed by atoms with Gasteiger partial charge in [-0.3, -0.25) is 5.32 Å². The summed E-state index contributed by atoms with van der Waals surface area (Å²) in [7, 11) is 0. The number of hydrogen-bond donors (Lipinski definition) is 1. The number of fused-ring (bicyclic) bond motifs is 1. The minimum absolute atomic E-state index is 0.261. The van der Waals surface area contributed by atoms with E-state index in [1.54, 1.807) is 0 Å². The van der Waals surface area contributed by atoms with Crippen molar-refractivity contribution < 1.29 is 19.1 Å². The van der Waals surface area contributed by atoms with Crippen molar-refractivity contribution in [2.45, 2.75) is 59.1 Å². The quantitative estimate of drug-likeness (QED) is 0.752. The van der Waals surface area contributed by atoms with Gasteiger partial charge in [0, 0.05) is 23.6 Å². The minimum atomic E-state index is -0.543. The summed E-state index contributed by atoms with van der Waals surface area (Å²) in [5.41, 5.74) is 3.82. The van der Waals surface area contributed by atoms with Crippen molar-refractivity contribution in [1.82, 2.24) is 4.57 Å². The molecule has 1 aliphatic heterocycles. The van der Waals surface area contributed by atoms with Crippen LogP contribution in [0.25, 0.3) is 11.3 Å². The van der Waals surface area contributed by atoms with E-state index in [0.717, 1.165) is 42.8 Å². The molecule has 0 saturated heterocycles. The zero-order valence-electron chi connectivity index (χ0n) is 17.0. The average molecular weight is 384 g/mol. The Morgan fingerprint density at radius 2 is 1.86 bits per heavy atom. The maximum atomic E-state index is 12.4. The molecule has 1 aromatic carbocycles. The monoisotopic (exact) mass is 384 g/mol. The molecule has 1 amide bonds. The van der Waals surface area contributed by atoms with Crippen molar-refractivity contribution in [3.63, 3.8) is 0 Å². The second kappa shape index (κ2) is 8.09. The minimum Gasteiger partial charge on any atom is -0.462 e. The van der Waals surface area contributed by atoms with Crippen LogP contribution in [0.15, 0.2) is 30.3 Å². The van der Waals surface area contributed by atoms with Gasteiger partial charge >= 0.3 is 12.1 Å². The van der Waals surface area contributed by atoms with Gasteiger partial charge in [-0.05, 0) is 70.7 Å². The van der Waals surface area contributed by atoms with Crippen LogP contribution in [0.4, 0.5) is 10.5 Å². The van der Waals surface area contributed by atoms with E-state index in [1.807, 2.05) is 58.0 Å². The number of esters is 1. The second-order valence-corrected chi connectivity index (χ2v) is 7.92. The Morgan fingerprint density at radius 3 is 2.50 bits per heavy atom. The van der Waals surface area contributed by atoms with Gasteiger partial charge in [0.2, 0.25) is 0 Å². The van der Waals surface area contributed by atoms with Crippen molar-refractivity contribution in [1.29, 1.82) is 0 Å². The molecule has 1 aromatic heterocycles. The third-order valence-corrected chi connectivity index (χ3v) is 4.58. The predicted octanol–water partition coefficient (Wildman–Crippen LogP) is 5.02. The van der Waals surface area contributed by atoms with Crippen LogP contribution in [0, 0.1) is 0 Å². The lowest BCUT2D eigenvalue weighted by molar-refractivity contribution is 0.0523. The average Bonchev–Trinajstić information content (AvgIpc) is 3.01. The molecule has 0 saturated carbocycles. The molecule has 0 fully saturated rings. The SMILES string of the molecule is CCOC(=O)c1cc(-c2ccc(NC(=O)OC(C)(C)C)cc2)n2c1CCCC2. The molecular weight excluding hydrogens is 356 g/mol. The molecule has 1 aliphatic rings. The van der Waals surface area contributed by atoms with Crippen LogP contribution in [0.1, 0.15) is 56.6 Å². The number of ether oxygens (including phenoxy) is 2. The molecule has 2 aromatic rings. The molecule has 0 spiro atoms. The van der Waals surface area contributed by atoms with Crippen molar-refractivity contribution in [3.8, 4) is 11.3 Å². The van der Waals surface area contributed by atoms with E-state index in [0.29, 0.717) is 17.9 Å². The fraction of sp³-hybridized carbons (Fsp3) is 0.455. The summed E-state index contributed by atoms with van der Waals surface area (Å²) in [6.07, 6.45) is 2.57. The molecule has 150 valence electrons. The summed E-state index contributed by atoms with van der Waals surface area (Å²) < 4.78 is 12.7. The normalized spacial score (nSPS) is 13.6. The highest BCUT2D eigenvalue weighted by atomic mass is 16.6. The standard InChI is InChI=1S/C22H28N2O4/c1-5-27-20(25)17-14-19(24-13-7-6-8-18(17)24)15-9-11-16(12-10-15)23-21(26)28-22(2,3)4/h9-12,14H,5-8,13H2,1-4H3,(H,23,26). The van der Waals surface area contributed by atoms with Gasteiger partial charge in [0.25, 0.3) is 0 Å². The third-order valence-electron chi connectivity index (χ3n) is 4.58. The van der Waals surface area contributed by atoms with Crippen LogP contribution in [-0.4, -0.2) is 28.8 Å². The van der Waals surface area contributed by atoms with Crippen LogP contribution in [0.2, 0.25) is 0 Å². The molecule has 6 nitrogen and oxygen atoms in total. The van der Waals surface area contributed by atoms with Crippen LogP contribution >= 0.6 is 0 Å². The Hall–Kier alpha value is -2.76. The van der Waals surface area contributed by atoms with Crippen LogP contribution in [-0.2, 0) is 22.4 Å². The number of amides is 1. The smallest absolute Gasteiger partial charge is 0.412 e. The van der Waals surface area contributed by atoms with Gasteiger partial charge < -0.3 is 14.0 Å². The first-order valence-electron chi connectivity index (χ1n) is 9.78. The van der Waals surface area contributed by atoms with Crippen molar-refractivity contribution in [2.24, 2.45) is 0 Å². The van der Waals surface area contributed by atoms with Crippen LogP contribution in [0.5, 0.6) is 0 Å². The van der Waals surface area contributed by atoms with Crippen molar-refractivity contribution in [2.75, 3.05) is 11.9 Å². The topological polar surface area (TPSA) is 69.6 Å². The molecule has 0 aliphatic carbocycles. The van der Waals surface area contributed by atoms with E-state index in [1.165, 1.54) is 0 Å². The fourth-order valence-electron chi connectivity index (χ4n) is 3.45. The Kier molecular flexibility index (Phi) is 5.77. The lowest BCUT2D eigenvalue weighted by Crippen LogP contribution is -2.27.